The highest BCUT2D eigenvalue weighted by Gasteiger charge is 2.27. The number of benzene rings is 2. The summed E-state index contributed by atoms with van der Waals surface area (Å²) in [5, 5.41) is 31.8. The lowest BCUT2D eigenvalue weighted by molar-refractivity contribution is 0.224. The number of aromatic nitrogens is 3. The zero-order valence-corrected chi connectivity index (χ0v) is 16.9. The molecule has 0 saturated carbocycles. The number of rotatable bonds is 4. The zero-order valence-electron chi connectivity index (χ0n) is 14.5. The van der Waals surface area contributed by atoms with Crippen molar-refractivity contribution in [3.8, 4) is 28.6 Å². The van der Waals surface area contributed by atoms with Gasteiger partial charge in [-0.15, -0.1) is 16.8 Å². The summed E-state index contributed by atoms with van der Waals surface area (Å²) >= 11 is 4.88. The lowest BCUT2D eigenvalue weighted by Gasteiger charge is -2.19. The molecule has 1 atom stereocenters. The van der Waals surface area contributed by atoms with Crippen LogP contribution in [-0.2, 0) is 0 Å². The number of hydrogen-bond donors (Lipinski definition) is 3. The number of thioether (sulfide) groups is 1. The lowest BCUT2D eigenvalue weighted by atomic mass is 10.1. The molecule has 142 valence electrons. The van der Waals surface area contributed by atoms with Gasteiger partial charge in [0, 0.05) is 27.0 Å². The van der Waals surface area contributed by atoms with E-state index in [0.717, 1.165) is 15.7 Å². The smallest absolute Gasteiger partial charge is 0.247 e. The van der Waals surface area contributed by atoms with Crippen molar-refractivity contribution in [2.75, 3.05) is 11.1 Å². The molecule has 2 aromatic carbocycles. The molecule has 1 aliphatic rings. The Labute approximate surface area is 173 Å². The maximum Gasteiger partial charge on any atom is 0.247 e. The summed E-state index contributed by atoms with van der Waals surface area (Å²) in [6.07, 6.45) is 1.11. The van der Waals surface area contributed by atoms with Gasteiger partial charge in [-0.1, -0.05) is 33.8 Å². The van der Waals surface area contributed by atoms with Crippen LogP contribution in [0.25, 0.3) is 11.3 Å². The Morgan fingerprint density at radius 1 is 1.18 bits per heavy atom. The lowest BCUT2D eigenvalue weighted by Crippen LogP contribution is -2.17. The Morgan fingerprint density at radius 3 is 2.82 bits per heavy atom. The number of aromatic hydroxyl groups is 2. The molecular formula is C19H15BrN4O3S. The van der Waals surface area contributed by atoms with Crippen LogP contribution in [0.5, 0.6) is 17.4 Å². The molecule has 0 saturated heterocycles. The van der Waals surface area contributed by atoms with Crippen molar-refractivity contribution < 1.29 is 14.9 Å². The minimum Gasteiger partial charge on any atom is -0.504 e. The fraction of sp³-hybridized carbons (Fsp3) is 0.105. The van der Waals surface area contributed by atoms with Gasteiger partial charge < -0.3 is 20.3 Å². The fourth-order valence-corrected chi connectivity index (χ4v) is 3.59. The second-order valence-corrected chi connectivity index (χ2v) is 7.83. The molecule has 0 aliphatic carbocycles. The molecule has 0 bridgehead atoms. The number of hydrogen-bond acceptors (Lipinski definition) is 8. The number of halogens is 1. The highest BCUT2D eigenvalue weighted by atomic mass is 79.9. The van der Waals surface area contributed by atoms with Gasteiger partial charge in [-0.25, -0.2) is 0 Å². The van der Waals surface area contributed by atoms with Gasteiger partial charge in [-0.2, -0.15) is 4.98 Å². The third kappa shape index (κ3) is 3.63. The minimum atomic E-state index is -0.651. The highest BCUT2D eigenvalue weighted by molar-refractivity contribution is 9.10. The van der Waals surface area contributed by atoms with Crippen molar-refractivity contribution in [3.63, 3.8) is 0 Å². The number of phenolic OH excluding ortho intramolecular Hbond substituents is 2. The quantitative estimate of drug-likeness (QED) is 0.298. The molecule has 4 rings (SSSR count). The van der Waals surface area contributed by atoms with Crippen LogP contribution in [0.1, 0.15) is 11.8 Å². The van der Waals surface area contributed by atoms with Crippen LogP contribution < -0.4 is 10.1 Å². The standard InChI is InChI=1S/C19H15BrN4O3S/c1-2-7-28-19-22-18-16(23-24-19)12-9-11(20)4-5-13(12)21-17(27-18)10-3-6-14(25)15(26)8-10/h2-6,8-9,17,21,25-26H,1,7H2/t17-/m1/s1. The number of nitrogens with one attached hydrogen (secondary N) is 1. The van der Waals surface area contributed by atoms with E-state index < -0.39 is 6.23 Å². The van der Waals surface area contributed by atoms with E-state index in [1.165, 1.54) is 23.9 Å². The van der Waals surface area contributed by atoms with E-state index in [1.807, 2.05) is 18.2 Å². The van der Waals surface area contributed by atoms with Gasteiger partial charge in [-0.05, 0) is 36.4 Å². The summed E-state index contributed by atoms with van der Waals surface area (Å²) in [7, 11) is 0. The van der Waals surface area contributed by atoms with Gasteiger partial charge in [0.15, 0.2) is 23.4 Å². The molecule has 0 spiro atoms. The highest BCUT2D eigenvalue weighted by Crippen LogP contribution is 2.41. The monoisotopic (exact) mass is 458 g/mol. The van der Waals surface area contributed by atoms with Crippen LogP contribution in [0, 0.1) is 0 Å². The summed E-state index contributed by atoms with van der Waals surface area (Å²) in [4.78, 5) is 4.51. The average Bonchev–Trinajstić information content (AvgIpc) is 2.84. The normalized spacial score (nSPS) is 14.8. The Bertz CT molecular complexity index is 1060. The Balaban J connectivity index is 1.82. The Kier molecular flexibility index (Phi) is 5.10. The summed E-state index contributed by atoms with van der Waals surface area (Å²) < 4.78 is 6.99. The van der Waals surface area contributed by atoms with Crippen LogP contribution in [0.15, 0.2) is 58.7 Å². The fourth-order valence-electron chi connectivity index (χ4n) is 2.72. The predicted octanol–water partition coefficient (Wildman–Crippen LogP) is 4.49. The van der Waals surface area contributed by atoms with E-state index >= 15 is 0 Å². The third-order valence-corrected chi connectivity index (χ3v) is 5.35. The van der Waals surface area contributed by atoms with Crippen molar-refractivity contribution in [3.05, 3.63) is 59.1 Å². The van der Waals surface area contributed by atoms with Crippen molar-refractivity contribution in [1.82, 2.24) is 15.2 Å². The van der Waals surface area contributed by atoms with E-state index in [1.54, 1.807) is 12.1 Å². The van der Waals surface area contributed by atoms with Crippen LogP contribution in [-0.4, -0.2) is 31.1 Å². The first-order valence-corrected chi connectivity index (χ1v) is 10.1. The average molecular weight is 459 g/mol. The Morgan fingerprint density at radius 2 is 2.04 bits per heavy atom. The third-order valence-electron chi connectivity index (χ3n) is 4.02. The van der Waals surface area contributed by atoms with E-state index in [9.17, 15) is 10.2 Å². The second kappa shape index (κ2) is 7.69. The van der Waals surface area contributed by atoms with Crippen molar-refractivity contribution in [1.29, 1.82) is 0 Å². The summed E-state index contributed by atoms with van der Waals surface area (Å²) in [6, 6.07) is 10.2. The van der Waals surface area contributed by atoms with Crippen LogP contribution >= 0.6 is 27.7 Å². The maximum atomic E-state index is 9.88. The number of ether oxygens (including phenoxy) is 1. The van der Waals surface area contributed by atoms with Gasteiger partial charge in [0.25, 0.3) is 0 Å². The molecule has 7 nitrogen and oxygen atoms in total. The number of fused-ring (bicyclic) bond motifs is 3. The first-order chi connectivity index (χ1) is 13.5. The van der Waals surface area contributed by atoms with Crippen molar-refractivity contribution in [2.45, 2.75) is 11.4 Å². The van der Waals surface area contributed by atoms with Crippen LogP contribution in [0.2, 0.25) is 0 Å². The second-order valence-electron chi connectivity index (χ2n) is 5.93. The molecule has 1 aromatic heterocycles. The summed E-state index contributed by atoms with van der Waals surface area (Å²) in [5.41, 5.74) is 2.70. The molecular weight excluding hydrogens is 444 g/mol. The first kappa shape index (κ1) is 18.6. The largest absolute Gasteiger partial charge is 0.504 e. The molecule has 3 N–H and O–H groups in total. The van der Waals surface area contributed by atoms with Gasteiger partial charge >= 0.3 is 0 Å². The Hall–Kier alpha value is -2.78. The minimum absolute atomic E-state index is 0.200. The summed E-state index contributed by atoms with van der Waals surface area (Å²) in [6.45, 7) is 3.70. The van der Waals surface area contributed by atoms with Crippen molar-refractivity contribution in [2.24, 2.45) is 0 Å². The molecule has 9 heteroatoms. The molecule has 1 aliphatic heterocycles. The van der Waals surface area contributed by atoms with Crippen molar-refractivity contribution >= 4 is 33.4 Å². The number of anilines is 1. The molecule has 0 amide bonds. The van der Waals surface area contributed by atoms with Crippen LogP contribution in [0.3, 0.4) is 0 Å². The zero-order chi connectivity index (χ0) is 19.7. The van der Waals surface area contributed by atoms with Gasteiger partial charge in [-0.3, -0.25) is 0 Å². The molecule has 0 fully saturated rings. The SMILES string of the molecule is C=CCSc1nnc2c(n1)O[C@H](c1ccc(O)c(O)c1)Nc1ccc(Br)cc1-2. The molecule has 2 heterocycles. The maximum absolute atomic E-state index is 9.88. The first-order valence-electron chi connectivity index (χ1n) is 8.28. The van der Waals surface area contributed by atoms with E-state index in [2.05, 4.69) is 43.0 Å². The van der Waals surface area contributed by atoms with Gasteiger partial charge in [0.05, 0.1) is 0 Å². The molecule has 0 radical (unpaired) electrons. The van der Waals surface area contributed by atoms with E-state index in [0.29, 0.717) is 28.0 Å². The summed E-state index contributed by atoms with van der Waals surface area (Å²) in [5.74, 6) is 0.542. The van der Waals surface area contributed by atoms with Gasteiger partial charge in [0.1, 0.15) is 0 Å². The molecule has 3 aromatic rings. The topological polar surface area (TPSA) is 100 Å². The number of nitrogens with zero attached hydrogens (tertiary/aromatic N) is 3. The molecule has 0 unspecified atom stereocenters. The molecule has 28 heavy (non-hydrogen) atoms. The van der Waals surface area contributed by atoms with E-state index in [-0.39, 0.29) is 11.5 Å². The predicted molar refractivity (Wildman–Crippen MR) is 111 cm³/mol. The van der Waals surface area contributed by atoms with Gasteiger partial charge in [0.2, 0.25) is 11.0 Å². The van der Waals surface area contributed by atoms with Crippen LogP contribution in [0.4, 0.5) is 5.69 Å². The van der Waals surface area contributed by atoms with E-state index in [4.69, 9.17) is 4.74 Å². The number of phenols is 2.